The number of hydrogen-bond donors (Lipinski definition) is 10. The first kappa shape index (κ1) is 38.4. The van der Waals surface area contributed by atoms with Gasteiger partial charge in [-0.25, -0.2) is 0 Å². The summed E-state index contributed by atoms with van der Waals surface area (Å²) in [5.74, 6) is 0.849. The summed E-state index contributed by atoms with van der Waals surface area (Å²) in [7, 11) is 0. The number of rotatable bonds is 17. The van der Waals surface area contributed by atoms with Gasteiger partial charge in [-0.2, -0.15) is 0 Å². The number of fused-ring (bicyclic) bond motifs is 4. The third kappa shape index (κ3) is 15.0. The number of phenols is 2. The SMILES string of the molecule is Oc1c2cccc1CNCCN(CCNCCCNCCNCCCNCCN1CCNCc3cccc(c3O)CNCC1)CCNC2. The highest BCUT2D eigenvalue weighted by Crippen LogP contribution is 2.23. The van der Waals surface area contributed by atoms with Gasteiger partial charge in [0.25, 0.3) is 0 Å². The Kier molecular flexibility index (Phi) is 19.1. The number of phenolic OH excluding ortho intramolecular Hbond substituents is 2. The largest absolute Gasteiger partial charge is 0.507 e. The topological polar surface area (TPSA) is 143 Å². The van der Waals surface area contributed by atoms with Crippen LogP contribution in [0, 0.1) is 0 Å². The quantitative estimate of drug-likeness (QED) is 0.103. The molecule has 0 spiro atoms. The summed E-state index contributed by atoms with van der Waals surface area (Å²) in [6.45, 7) is 20.7. The van der Waals surface area contributed by atoms with Gasteiger partial charge in [-0.3, -0.25) is 9.80 Å². The molecule has 48 heavy (non-hydrogen) atoms. The van der Waals surface area contributed by atoms with Gasteiger partial charge in [-0.15, -0.1) is 0 Å². The van der Waals surface area contributed by atoms with Crippen molar-refractivity contribution in [3.63, 3.8) is 0 Å². The highest BCUT2D eigenvalue weighted by molar-refractivity contribution is 5.41. The van der Waals surface area contributed by atoms with Gasteiger partial charge < -0.3 is 52.7 Å². The molecule has 2 aliphatic heterocycles. The van der Waals surface area contributed by atoms with E-state index in [4.69, 9.17) is 0 Å². The zero-order chi connectivity index (χ0) is 33.5. The van der Waals surface area contributed by atoms with Crippen LogP contribution in [0.2, 0.25) is 0 Å². The Balaban J connectivity index is 0.912. The average molecular weight is 669 g/mol. The van der Waals surface area contributed by atoms with E-state index >= 15 is 0 Å². The Morgan fingerprint density at radius 1 is 0.458 bits per heavy atom. The third-order valence-corrected chi connectivity index (χ3v) is 9.19. The van der Waals surface area contributed by atoms with Gasteiger partial charge in [0.15, 0.2) is 0 Å². The molecule has 0 amide bonds. The van der Waals surface area contributed by atoms with Crippen molar-refractivity contribution in [1.29, 1.82) is 0 Å². The highest BCUT2D eigenvalue weighted by Gasteiger charge is 2.12. The van der Waals surface area contributed by atoms with Crippen molar-refractivity contribution in [3.05, 3.63) is 58.7 Å². The van der Waals surface area contributed by atoms with Crippen molar-refractivity contribution in [1.82, 2.24) is 52.3 Å². The van der Waals surface area contributed by atoms with Crippen molar-refractivity contribution in [2.75, 3.05) is 118 Å². The lowest BCUT2D eigenvalue weighted by Crippen LogP contribution is -2.41. The second-order valence-corrected chi connectivity index (χ2v) is 12.9. The lowest BCUT2D eigenvalue weighted by atomic mass is 10.1. The fourth-order valence-electron chi connectivity index (χ4n) is 6.20. The number of nitrogens with one attached hydrogen (secondary N) is 8. The number of hydrogen-bond acceptors (Lipinski definition) is 12. The van der Waals surface area contributed by atoms with E-state index < -0.39 is 0 Å². The fraction of sp³-hybridized carbons (Fsp3) is 0.667. The van der Waals surface area contributed by atoms with Crippen molar-refractivity contribution in [2.24, 2.45) is 0 Å². The Morgan fingerprint density at radius 2 is 0.771 bits per heavy atom. The van der Waals surface area contributed by atoms with E-state index in [1.54, 1.807) is 0 Å². The van der Waals surface area contributed by atoms with Crippen LogP contribution in [0.1, 0.15) is 35.1 Å². The van der Waals surface area contributed by atoms with Gasteiger partial charge in [0, 0.05) is 140 Å². The van der Waals surface area contributed by atoms with Crippen molar-refractivity contribution in [3.8, 4) is 11.5 Å². The van der Waals surface area contributed by atoms with Crippen molar-refractivity contribution >= 4 is 0 Å². The molecule has 0 saturated carbocycles. The first-order valence-electron chi connectivity index (χ1n) is 18.4. The zero-order valence-corrected chi connectivity index (χ0v) is 29.2. The number of nitrogens with zero attached hydrogens (tertiary/aromatic N) is 2. The van der Waals surface area contributed by atoms with Crippen LogP contribution < -0.4 is 42.5 Å². The smallest absolute Gasteiger partial charge is 0.124 e. The van der Waals surface area contributed by atoms with Crippen LogP contribution in [-0.2, 0) is 26.2 Å². The molecule has 0 unspecified atom stereocenters. The number of aromatic hydroxyl groups is 2. The molecule has 4 rings (SSSR count). The van der Waals surface area contributed by atoms with Crippen LogP contribution in [0.5, 0.6) is 11.5 Å². The van der Waals surface area contributed by atoms with E-state index in [1.165, 1.54) is 0 Å². The second kappa shape index (κ2) is 23.9. The van der Waals surface area contributed by atoms with E-state index in [9.17, 15) is 10.2 Å². The predicted octanol–water partition coefficient (Wildman–Crippen LogP) is -0.0738. The van der Waals surface area contributed by atoms with Crippen molar-refractivity contribution < 1.29 is 10.2 Å². The second-order valence-electron chi connectivity index (χ2n) is 12.9. The van der Waals surface area contributed by atoms with E-state index in [1.807, 2.05) is 36.4 Å². The Morgan fingerprint density at radius 3 is 1.10 bits per heavy atom. The first-order chi connectivity index (χ1) is 23.7. The highest BCUT2D eigenvalue weighted by atomic mass is 16.3. The first-order valence-corrected chi connectivity index (χ1v) is 18.4. The molecular formula is C36H64N10O2. The molecule has 270 valence electrons. The van der Waals surface area contributed by atoms with Gasteiger partial charge in [0.05, 0.1) is 0 Å². The van der Waals surface area contributed by atoms with Crippen LogP contribution in [0.3, 0.4) is 0 Å². The lowest BCUT2D eigenvalue weighted by molar-refractivity contribution is 0.270. The average Bonchev–Trinajstić information content (AvgIpc) is 3.09. The Labute approximate surface area is 289 Å². The monoisotopic (exact) mass is 669 g/mol. The summed E-state index contributed by atoms with van der Waals surface area (Å²) >= 11 is 0. The van der Waals surface area contributed by atoms with Gasteiger partial charge >= 0.3 is 0 Å². The molecule has 0 fully saturated rings. The molecule has 0 radical (unpaired) electrons. The van der Waals surface area contributed by atoms with Crippen LogP contribution in [-0.4, -0.2) is 138 Å². The number of para-hydroxylation sites is 2. The molecule has 10 N–H and O–H groups in total. The molecular weight excluding hydrogens is 604 g/mol. The van der Waals surface area contributed by atoms with Gasteiger partial charge in [0.1, 0.15) is 11.5 Å². The molecule has 2 heterocycles. The van der Waals surface area contributed by atoms with Crippen LogP contribution >= 0.6 is 0 Å². The maximum Gasteiger partial charge on any atom is 0.124 e. The van der Waals surface area contributed by atoms with Gasteiger partial charge in [-0.05, 0) is 39.0 Å². The maximum atomic E-state index is 10.5. The molecule has 0 atom stereocenters. The predicted molar refractivity (Wildman–Crippen MR) is 197 cm³/mol. The molecule has 2 aromatic carbocycles. The fourth-order valence-corrected chi connectivity index (χ4v) is 6.20. The van der Waals surface area contributed by atoms with Crippen molar-refractivity contribution in [2.45, 2.75) is 39.0 Å². The molecule has 2 aromatic rings. The van der Waals surface area contributed by atoms with E-state index in [2.05, 4.69) is 52.3 Å². The molecule has 12 heteroatoms. The standard InChI is InChI=1S/C36H64N10O2/c47-35-31-5-1-6-32(35)28-42-18-24-45(23-17-41-27-31)21-15-39-11-3-9-37-13-14-38-10-4-12-40-16-22-46-25-19-43-29-33-7-2-8-34(36(33)48)30-44-20-26-46/h1-2,5-8,37-44,47-48H,3-4,9-30H2. The van der Waals surface area contributed by atoms with Gasteiger partial charge in [-0.1, -0.05) is 36.4 Å². The van der Waals surface area contributed by atoms with Crippen LogP contribution in [0.4, 0.5) is 0 Å². The molecule has 0 aromatic heterocycles. The zero-order valence-electron chi connectivity index (χ0n) is 29.2. The third-order valence-electron chi connectivity index (χ3n) is 9.19. The van der Waals surface area contributed by atoms with Crippen LogP contribution in [0.25, 0.3) is 0 Å². The number of benzene rings is 2. The molecule has 0 aliphatic carbocycles. The summed E-state index contributed by atoms with van der Waals surface area (Å²) in [5.41, 5.74) is 3.89. The normalized spacial score (nSPS) is 17.6. The summed E-state index contributed by atoms with van der Waals surface area (Å²) < 4.78 is 0. The molecule has 2 aliphatic rings. The molecule has 12 nitrogen and oxygen atoms in total. The summed E-state index contributed by atoms with van der Waals surface area (Å²) in [5, 5.41) is 49.2. The minimum atomic E-state index is 0.424. The summed E-state index contributed by atoms with van der Waals surface area (Å²) in [4.78, 5) is 5.01. The molecule has 0 saturated heterocycles. The molecule has 4 bridgehead atoms. The van der Waals surface area contributed by atoms with E-state index in [0.717, 1.165) is 153 Å². The van der Waals surface area contributed by atoms with Crippen LogP contribution in [0.15, 0.2) is 36.4 Å². The van der Waals surface area contributed by atoms with Gasteiger partial charge in [0.2, 0.25) is 0 Å². The maximum absolute atomic E-state index is 10.5. The van der Waals surface area contributed by atoms with E-state index in [0.29, 0.717) is 37.7 Å². The van der Waals surface area contributed by atoms with E-state index in [-0.39, 0.29) is 0 Å². The minimum absolute atomic E-state index is 0.424. The summed E-state index contributed by atoms with van der Waals surface area (Å²) in [6, 6.07) is 12.0. The Bertz CT molecular complexity index is 992. The summed E-state index contributed by atoms with van der Waals surface area (Å²) in [6.07, 6.45) is 2.27. The minimum Gasteiger partial charge on any atom is -0.507 e. The Hall–Kier alpha value is -2.36. The lowest BCUT2D eigenvalue weighted by Gasteiger charge is -2.24.